The number of halogens is 1. The van der Waals surface area contributed by atoms with Crippen LogP contribution >= 0.6 is 23.4 Å². The summed E-state index contributed by atoms with van der Waals surface area (Å²) in [6, 6.07) is 15.3. The maximum absolute atomic E-state index is 13.4. The van der Waals surface area contributed by atoms with Gasteiger partial charge in [0.2, 0.25) is 0 Å². The number of fused-ring (bicyclic) bond motifs is 1. The highest BCUT2D eigenvalue weighted by Gasteiger charge is 2.33. The van der Waals surface area contributed by atoms with Crippen LogP contribution in [0, 0.1) is 5.92 Å². The van der Waals surface area contributed by atoms with Gasteiger partial charge in [0, 0.05) is 29.1 Å². The molecule has 2 heterocycles. The number of nitrogens with zero attached hydrogens (tertiary/aromatic N) is 4. The van der Waals surface area contributed by atoms with E-state index in [1.54, 1.807) is 38.5 Å². The van der Waals surface area contributed by atoms with Crippen LogP contribution in [0.5, 0.6) is 11.5 Å². The molecular formula is C28H23ClN4O3S. The number of hydrogen-bond donors (Lipinski definition) is 0. The third-order valence-corrected chi connectivity index (χ3v) is 7.29. The SMILES string of the molecule is C=CCn1c(SC2=C(c3ccccc3)C3C=C(Cl)C=CC3=NC2=O)nnc1-c1cc(OC)cc(OC)c1. The van der Waals surface area contributed by atoms with Gasteiger partial charge in [-0.1, -0.05) is 54.1 Å². The molecule has 37 heavy (non-hydrogen) atoms. The maximum atomic E-state index is 13.4. The number of rotatable bonds is 8. The molecule has 2 aromatic carbocycles. The Morgan fingerprint density at radius 3 is 2.46 bits per heavy atom. The van der Waals surface area contributed by atoms with Crippen molar-refractivity contribution in [2.75, 3.05) is 14.2 Å². The van der Waals surface area contributed by atoms with Gasteiger partial charge in [-0.3, -0.25) is 9.36 Å². The first-order chi connectivity index (χ1) is 18.0. The van der Waals surface area contributed by atoms with Gasteiger partial charge < -0.3 is 9.47 Å². The third kappa shape index (κ3) is 4.90. The number of allylic oxidation sites excluding steroid dienone is 6. The zero-order valence-electron chi connectivity index (χ0n) is 20.2. The normalized spacial score (nSPS) is 16.7. The van der Waals surface area contributed by atoms with E-state index in [1.807, 2.05) is 53.1 Å². The lowest BCUT2D eigenvalue weighted by molar-refractivity contribution is -0.113. The molecule has 7 nitrogen and oxygen atoms in total. The molecule has 5 rings (SSSR count). The minimum absolute atomic E-state index is 0.252. The maximum Gasteiger partial charge on any atom is 0.284 e. The number of carbonyl (C=O) groups is 1. The summed E-state index contributed by atoms with van der Waals surface area (Å²) in [5, 5.41) is 10.0. The first-order valence-electron chi connectivity index (χ1n) is 11.5. The molecule has 0 radical (unpaired) electrons. The lowest BCUT2D eigenvalue weighted by Gasteiger charge is -2.26. The summed E-state index contributed by atoms with van der Waals surface area (Å²) in [5.41, 5.74) is 3.17. The molecule has 1 aliphatic heterocycles. The molecule has 9 heteroatoms. The standard InChI is InChI=1S/C28H23ClN4O3S/c1-4-12-33-26(18-13-20(35-2)16-21(14-18)36-3)31-32-28(33)37-25-24(17-8-6-5-7-9-17)22-15-19(29)10-11-23(22)30-27(25)34/h4-11,13-16,22H,1,12H2,2-3H3. The summed E-state index contributed by atoms with van der Waals surface area (Å²) in [7, 11) is 3.19. The number of amides is 1. The molecule has 1 atom stereocenters. The molecule has 1 unspecified atom stereocenters. The van der Waals surface area contributed by atoms with Crippen LogP contribution in [0.25, 0.3) is 17.0 Å². The summed E-state index contributed by atoms with van der Waals surface area (Å²) >= 11 is 7.61. The van der Waals surface area contributed by atoms with Crippen LogP contribution in [-0.2, 0) is 11.3 Å². The van der Waals surface area contributed by atoms with E-state index >= 15 is 0 Å². The van der Waals surface area contributed by atoms with Gasteiger partial charge in [-0.15, -0.1) is 16.8 Å². The van der Waals surface area contributed by atoms with Gasteiger partial charge >= 0.3 is 0 Å². The van der Waals surface area contributed by atoms with Gasteiger partial charge in [-0.2, -0.15) is 0 Å². The Balaban J connectivity index is 1.64. The Labute approximate surface area is 223 Å². The van der Waals surface area contributed by atoms with E-state index in [4.69, 9.17) is 21.1 Å². The molecule has 0 N–H and O–H groups in total. The van der Waals surface area contributed by atoms with Gasteiger partial charge in [0.15, 0.2) is 11.0 Å². The van der Waals surface area contributed by atoms with Crippen molar-refractivity contribution >= 4 is 40.6 Å². The molecule has 1 aliphatic carbocycles. The number of benzene rings is 2. The zero-order chi connectivity index (χ0) is 25.9. The van der Waals surface area contributed by atoms with Crippen molar-refractivity contribution in [2.24, 2.45) is 10.9 Å². The molecule has 186 valence electrons. The van der Waals surface area contributed by atoms with E-state index in [2.05, 4.69) is 21.8 Å². The average Bonchev–Trinajstić information content (AvgIpc) is 3.31. The van der Waals surface area contributed by atoms with Crippen LogP contribution in [0.15, 0.2) is 99.5 Å². The molecule has 0 saturated heterocycles. The second-order valence-corrected chi connectivity index (χ2v) is 9.64. The molecule has 0 spiro atoms. The summed E-state index contributed by atoms with van der Waals surface area (Å²) in [6.45, 7) is 4.33. The minimum atomic E-state index is -0.330. The lowest BCUT2D eigenvalue weighted by atomic mass is 9.84. The number of aromatic nitrogens is 3. The van der Waals surface area contributed by atoms with E-state index in [1.165, 1.54) is 11.8 Å². The van der Waals surface area contributed by atoms with Crippen molar-refractivity contribution in [3.05, 3.63) is 94.9 Å². The fraction of sp³-hybridized carbons (Fsp3) is 0.143. The van der Waals surface area contributed by atoms with Crippen molar-refractivity contribution in [1.82, 2.24) is 14.8 Å². The Kier molecular flexibility index (Phi) is 7.12. The number of dihydropyridines is 1. The molecule has 2 aliphatic rings. The Hall–Kier alpha value is -3.88. The first-order valence-corrected chi connectivity index (χ1v) is 12.6. The van der Waals surface area contributed by atoms with Gasteiger partial charge in [0.1, 0.15) is 11.5 Å². The Morgan fingerprint density at radius 1 is 1.05 bits per heavy atom. The average molecular weight is 531 g/mol. The smallest absolute Gasteiger partial charge is 0.284 e. The van der Waals surface area contributed by atoms with Crippen LogP contribution < -0.4 is 9.47 Å². The topological polar surface area (TPSA) is 78.6 Å². The largest absolute Gasteiger partial charge is 0.497 e. The van der Waals surface area contributed by atoms with Crippen molar-refractivity contribution in [1.29, 1.82) is 0 Å². The van der Waals surface area contributed by atoms with Crippen molar-refractivity contribution in [3.63, 3.8) is 0 Å². The molecule has 1 aromatic heterocycles. The number of methoxy groups -OCH3 is 2. The van der Waals surface area contributed by atoms with E-state index in [0.717, 1.165) is 16.7 Å². The Bertz CT molecular complexity index is 1480. The van der Waals surface area contributed by atoms with Crippen LogP contribution in [0.1, 0.15) is 5.56 Å². The molecule has 0 fully saturated rings. The summed E-state index contributed by atoms with van der Waals surface area (Å²) < 4.78 is 12.8. The number of carbonyl (C=O) groups excluding carboxylic acids is 1. The molecule has 0 bridgehead atoms. The highest BCUT2D eigenvalue weighted by Crippen LogP contribution is 2.43. The summed E-state index contributed by atoms with van der Waals surface area (Å²) in [4.78, 5) is 18.2. The predicted octanol–water partition coefficient (Wildman–Crippen LogP) is 5.94. The predicted molar refractivity (Wildman–Crippen MR) is 147 cm³/mol. The summed E-state index contributed by atoms with van der Waals surface area (Å²) in [6.07, 6.45) is 7.22. The van der Waals surface area contributed by atoms with Crippen LogP contribution in [-0.4, -0.2) is 40.6 Å². The van der Waals surface area contributed by atoms with E-state index in [9.17, 15) is 4.79 Å². The first kappa shape index (κ1) is 24.8. The minimum Gasteiger partial charge on any atom is -0.497 e. The van der Waals surface area contributed by atoms with Crippen LogP contribution in [0.2, 0.25) is 0 Å². The van der Waals surface area contributed by atoms with E-state index in [-0.39, 0.29) is 11.8 Å². The second-order valence-electron chi connectivity index (χ2n) is 8.22. The monoisotopic (exact) mass is 530 g/mol. The molecule has 1 amide bonds. The summed E-state index contributed by atoms with van der Waals surface area (Å²) in [5.74, 6) is 1.27. The van der Waals surface area contributed by atoms with Gasteiger partial charge in [0.05, 0.1) is 24.8 Å². The number of hydrogen-bond acceptors (Lipinski definition) is 6. The molecular weight excluding hydrogens is 508 g/mol. The quantitative estimate of drug-likeness (QED) is 0.335. The van der Waals surface area contributed by atoms with Crippen LogP contribution in [0.3, 0.4) is 0 Å². The van der Waals surface area contributed by atoms with Gasteiger partial charge in [-0.05, 0) is 47.2 Å². The van der Waals surface area contributed by atoms with E-state index < -0.39 is 0 Å². The number of ether oxygens (including phenoxy) is 2. The number of aliphatic imine (C=N–C) groups is 1. The highest BCUT2D eigenvalue weighted by molar-refractivity contribution is 8.04. The Morgan fingerprint density at radius 2 is 1.78 bits per heavy atom. The van der Waals surface area contributed by atoms with E-state index in [0.29, 0.717) is 44.7 Å². The lowest BCUT2D eigenvalue weighted by Crippen LogP contribution is -2.23. The van der Waals surface area contributed by atoms with Gasteiger partial charge in [-0.25, -0.2) is 4.99 Å². The second kappa shape index (κ2) is 10.6. The highest BCUT2D eigenvalue weighted by atomic mass is 35.5. The van der Waals surface area contributed by atoms with Crippen molar-refractivity contribution < 1.29 is 14.3 Å². The van der Waals surface area contributed by atoms with Crippen LogP contribution in [0.4, 0.5) is 0 Å². The molecule has 0 saturated carbocycles. The van der Waals surface area contributed by atoms with Gasteiger partial charge in [0.25, 0.3) is 5.91 Å². The third-order valence-electron chi connectivity index (χ3n) is 5.95. The zero-order valence-corrected chi connectivity index (χ0v) is 21.8. The fourth-order valence-electron chi connectivity index (χ4n) is 4.26. The number of thioether (sulfide) groups is 1. The molecule has 3 aromatic rings. The fourth-order valence-corrected chi connectivity index (χ4v) is 5.47. The van der Waals surface area contributed by atoms with Crippen molar-refractivity contribution in [2.45, 2.75) is 11.7 Å². The van der Waals surface area contributed by atoms with Crippen molar-refractivity contribution in [3.8, 4) is 22.9 Å².